The molecule has 3 atom stereocenters. The van der Waals surface area contributed by atoms with Crippen molar-refractivity contribution in [1.29, 1.82) is 0 Å². The fraction of sp³-hybridized carbons (Fsp3) is 0.385. The van der Waals surface area contributed by atoms with E-state index in [9.17, 15) is 5.11 Å². The van der Waals surface area contributed by atoms with Crippen LogP contribution < -0.4 is 4.74 Å². The van der Waals surface area contributed by atoms with Gasteiger partial charge in [-0.05, 0) is 90.9 Å². The zero-order valence-electron chi connectivity index (χ0n) is 17.7. The normalized spacial score (nSPS) is 26.8. The molecule has 0 radical (unpaired) electrons. The van der Waals surface area contributed by atoms with Crippen LogP contribution in [0.15, 0.2) is 36.4 Å². The number of rotatable bonds is 1. The molecule has 1 saturated heterocycles. The summed E-state index contributed by atoms with van der Waals surface area (Å²) in [5.41, 5.74) is 5.09. The van der Waals surface area contributed by atoms with Crippen LogP contribution in [0.25, 0.3) is 10.8 Å². The molecule has 160 valence electrons. The third-order valence-corrected chi connectivity index (χ3v) is 8.89. The number of methoxy groups -OCH3 is 1. The molecular weight excluding hydrogens is 429 g/mol. The number of halogens is 2. The molecule has 0 amide bonds. The lowest BCUT2D eigenvalue weighted by atomic mass is 9.51. The largest absolute Gasteiger partial charge is 0.504 e. The van der Waals surface area contributed by atoms with E-state index in [0.29, 0.717) is 33.5 Å². The zero-order chi connectivity index (χ0) is 21.5. The lowest BCUT2D eigenvalue weighted by Crippen LogP contribution is -2.61. The summed E-state index contributed by atoms with van der Waals surface area (Å²) in [4.78, 5) is 2.52. The average Bonchev–Trinajstić information content (AvgIpc) is 2.74. The van der Waals surface area contributed by atoms with Gasteiger partial charge < -0.3 is 14.7 Å². The molecule has 5 heteroatoms. The van der Waals surface area contributed by atoms with Gasteiger partial charge in [0.05, 0.1) is 17.2 Å². The Bertz CT molecular complexity index is 1240. The van der Waals surface area contributed by atoms with E-state index < -0.39 is 0 Å². The number of aromatic hydroxyl groups is 1. The molecule has 1 N–H and O–H groups in total. The molecule has 1 fully saturated rings. The first-order chi connectivity index (χ1) is 14.9. The van der Waals surface area contributed by atoms with E-state index in [1.165, 1.54) is 16.7 Å². The Hall–Kier alpha value is -1.94. The molecule has 31 heavy (non-hydrogen) atoms. The number of phenolic OH excluding ortho intramolecular Hbond substituents is 1. The van der Waals surface area contributed by atoms with E-state index in [-0.39, 0.29) is 5.41 Å². The first kappa shape index (κ1) is 19.7. The van der Waals surface area contributed by atoms with Crippen LogP contribution in [0.5, 0.6) is 11.5 Å². The summed E-state index contributed by atoms with van der Waals surface area (Å²) in [5.74, 6) is 1.38. The highest BCUT2D eigenvalue weighted by Gasteiger charge is 2.55. The summed E-state index contributed by atoms with van der Waals surface area (Å²) in [6.45, 7) is 1.04. The minimum absolute atomic E-state index is 0.0692. The number of benzene rings is 3. The summed E-state index contributed by atoms with van der Waals surface area (Å²) in [6.07, 6.45) is 3.95. The summed E-state index contributed by atoms with van der Waals surface area (Å²) in [6, 6.07) is 13.1. The average molecular weight is 454 g/mol. The SMILES string of the molecule is COc1ccc2c(c1O)[C@@]13CCN(C)[C@@H](C2)[C@H]1Cc1cc2cc(Cl)c(Cl)cc2cc1C3. The van der Waals surface area contributed by atoms with Gasteiger partial charge in [0.1, 0.15) is 0 Å². The van der Waals surface area contributed by atoms with Crippen molar-refractivity contribution in [2.24, 2.45) is 5.92 Å². The van der Waals surface area contributed by atoms with E-state index >= 15 is 0 Å². The van der Waals surface area contributed by atoms with Crippen LogP contribution >= 0.6 is 23.2 Å². The topological polar surface area (TPSA) is 32.7 Å². The molecule has 1 aliphatic heterocycles. The molecule has 1 heterocycles. The van der Waals surface area contributed by atoms with Gasteiger partial charge in [0.2, 0.25) is 0 Å². The van der Waals surface area contributed by atoms with Gasteiger partial charge in [-0.15, -0.1) is 0 Å². The molecule has 3 aromatic rings. The second kappa shape index (κ2) is 6.78. The summed E-state index contributed by atoms with van der Waals surface area (Å²) < 4.78 is 5.51. The lowest BCUT2D eigenvalue weighted by molar-refractivity contribution is 0.0228. The molecule has 3 nitrogen and oxygen atoms in total. The highest BCUT2D eigenvalue weighted by molar-refractivity contribution is 6.42. The van der Waals surface area contributed by atoms with Crippen molar-refractivity contribution >= 4 is 34.0 Å². The predicted molar refractivity (Wildman–Crippen MR) is 126 cm³/mol. The van der Waals surface area contributed by atoms with Crippen LogP contribution in [0.1, 0.15) is 28.7 Å². The minimum atomic E-state index is -0.0692. The van der Waals surface area contributed by atoms with Gasteiger partial charge in [-0.1, -0.05) is 41.4 Å². The van der Waals surface area contributed by atoms with Crippen LogP contribution in [0.3, 0.4) is 0 Å². The Morgan fingerprint density at radius 1 is 1.00 bits per heavy atom. The van der Waals surface area contributed by atoms with Gasteiger partial charge in [-0.3, -0.25) is 0 Å². The number of likely N-dealkylation sites (tertiary alicyclic amines) is 1. The van der Waals surface area contributed by atoms with E-state index in [4.69, 9.17) is 27.9 Å². The minimum Gasteiger partial charge on any atom is -0.504 e. The smallest absolute Gasteiger partial charge is 0.161 e. The van der Waals surface area contributed by atoms with E-state index in [1.54, 1.807) is 7.11 Å². The fourth-order valence-corrected chi connectivity index (χ4v) is 7.04. The Balaban J connectivity index is 1.58. The van der Waals surface area contributed by atoms with Crippen molar-refractivity contribution in [2.75, 3.05) is 20.7 Å². The van der Waals surface area contributed by atoms with Crippen molar-refractivity contribution in [2.45, 2.75) is 37.1 Å². The standard InChI is InChI=1S/C26H25Cl2NO2/c1-29-6-5-26-13-18-8-17-11-21(28)20(27)10-16(17)7-15(18)9-19(26)22(29)12-14-3-4-23(31-2)25(30)24(14)26/h3-4,7-8,10-11,19,22,30H,5-6,9,12-13H2,1-2H3/t19-,22+,26-/m1/s1. The van der Waals surface area contributed by atoms with Crippen LogP contribution in [0.2, 0.25) is 10.0 Å². The van der Waals surface area contributed by atoms with Gasteiger partial charge >= 0.3 is 0 Å². The molecule has 3 aliphatic rings. The van der Waals surface area contributed by atoms with E-state index in [1.807, 2.05) is 18.2 Å². The van der Waals surface area contributed by atoms with Gasteiger partial charge in [0, 0.05) is 17.0 Å². The monoisotopic (exact) mass is 453 g/mol. The summed E-state index contributed by atoms with van der Waals surface area (Å²) in [5, 5.41) is 14.7. The number of fused-ring (bicyclic) bond motifs is 3. The molecule has 0 spiro atoms. The molecule has 0 unspecified atom stereocenters. The Morgan fingerprint density at radius 3 is 2.42 bits per heavy atom. The third kappa shape index (κ3) is 2.70. The molecule has 0 aromatic heterocycles. The Labute approximate surface area is 192 Å². The van der Waals surface area contributed by atoms with Gasteiger partial charge in [0.15, 0.2) is 11.5 Å². The molecule has 0 saturated carbocycles. The van der Waals surface area contributed by atoms with Gasteiger partial charge in [-0.25, -0.2) is 0 Å². The second-order valence-electron chi connectivity index (χ2n) is 9.53. The molecular formula is C26H25Cl2NO2. The first-order valence-corrected chi connectivity index (χ1v) is 11.7. The number of piperidine rings is 1. The molecule has 2 bridgehead atoms. The first-order valence-electron chi connectivity index (χ1n) is 10.9. The van der Waals surface area contributed by atoms with Crippen molar-refractivity contribution in [3.8, 4) is 11.5 Å². The van der Waals surface area contributed by atoms with Crippen molar-refractivity contribution < 1.29 is 9.84 Å². The van der Waals surface area contributed by atoms with E-state index in [2.05, 4.69) is 30.1 Å². The Kier molecular flexibility index (Phi) is 4.31. The van der Waals surface area contributed by atoms with Crippen molar-refractivity contribution in [1.82, 2.24) is 4.90 Å². The van der Waals surface area contributed by atoms with Crippen LogP contribution in [-0.2, 0) is 24.7 Å². The molecule has 2 aliphatic carbocycles. The van der Waals surface area contributed by atoms with Crippen molar-refractivity contribution in [3.05, 3.63) is 68.7 Å². The highest BCUT2D eigenvalue weighted by atomic mass is 35.5. The number of nitrogens with zero attached hydrogens (tertiary/aromatic N) is 1. The van der Waals surface area contributed by atoms with Crippen LogP contribution in [0, 0.1) is 5.92 Å². The molecule has 3 aromatic carbocycles. The molecule has 6 rings (SSSR count). The van der Waals surface area contributed by atoms with Gasteiger partial charge in [0.25, 0.3) is 0 Å². The maximum atomic E-state index is 11.3. The van der Waals surface area contributed by atoms with Crippen LogP contribution in [0.4, 0.5) is 0 Å². The Morgan fingerprint density at radius 2 is 1.71 bits per heavy atom. The number of hydrogen-bond donors (Lipinski definition) is 1. The van der Waals surface area contributed by atoms with Crippen molar-refractivity contribution in [3.63, 3.8) is 0 Å². The number of hydrogen-bond acceptors (Lipinski definition) is 3. The van der Waals surface area contributed by atoms with Crippen LogP contribution in [-0.4, -0.2) is 36.8 Å². The number of phenols is 1. The fourth-order valence-electron chi connectivity index (χ4n) is 6.70. The maximum Gasteiger partial charge on any atom is 0.161 e. The number of likely N-dealkylation sites (N-methyl/N-ethyl adjacent to an activating group) is 1. The predicted octanol–water partition coefficient (Wildman–Crippen LogP) is 5.77. The van der Waals surface area contributed by atoms with E-state index in [0.717, 1.165) is 48.6 Å². The third-order valence-electron chi connectivity index (χ3n) is 8.17. The van der Waals surface area contributed by atoms with Gasteiger partial charge in [-0.2, -0.15) is 0 Å². The zero-order valence-corrected chi connectivity index (χ0v) is 19.2. The maximum absolute atomic E-state index is 11.3. The highest BCUT2D eigenvalue weighted by Crippen LogP contribution is 2.58. The quantitative estimate of drug-likeness (QED) is 0.507. The summed E-state index contributed by atoms with van der Waals surface area (Å²) in [7, 11) is 3.88. The summed E-state index contributed by atoms with van der Waals surface area (Å²) >= 11 is 12.6. The lowest BCUT2D eigenvalue weighted by Gasteiger charge is -2.58. The number of ether oxygens (including phenoxy) is 1. The second-order valence-corrected chi connectivity index (χ2v) is 10.3.